The van der Waals surface area contributed by atoms with E-state index < -0.39 is 0 Å². The molecule has 4 nitrogen and oxygen atoms in total. The summed E-state index contributed by atoms with van der Waals surface area (Å²) >= 11 is 0. The molecule has 0 radical (unpaired) electrons. The van der Waals surface area contributed by atoms with Crippen LogP contribution in [-0.2, 0) is 4.74 Å². The Hall–Kier alpha value is -0.610. The normalized spacial score (nSPS) is 34.4. The highest BCUT2D eigenvalue weighted by molar-refractivity contribution is 5.79. The van der Waals surface area contributed by atoms with Gasteiger partial charge in [-0.15, -0.1) is 0 Å². The smallest absolute Gasteiger partial charge is 0.0947 e. The minimum absolute atomic E-state index is 0.177. The summed E-state index contributed by atoms with van der Waals surface area (Å²) in [6.45, 7) is 4.67. The summed E-state index contributed by atoms with van der Waals surface area (Å²) in [5, 5.41) is 7.39. The fraction of sp³-hybridized carbons (Fsp3) is 0.900. The van der Waals surface area contributed by atoms with E-state index in [1.807, 2.05) is 6.92 Å². The minimum atomic E-state index is 0.177. The number of nitrogens with two attached hydrogens (primary N) is 1. The number of rotatable bonds is 3. The topological polar surface area (TPSA) is 62.3 Å². The SMILES string of the molecule is CC(CN1C2CCC1COC2)C(=N)N. The van der Waals surface area contributed by atoms with Crippen molar-refractivity contribution in [2.24, 2.45) is 11.7 Å². The second kappa shape index (κ2) is 3.87. The maximum Gasteiger partial charge on any atom is 0.0947 e. The molecule has 2 rings (SSSR count). The number of fused-ring (bicyclic) bond motifs is 2. The van der Waals surface area contributed by atoms with Crippen molar-refractivity contribution in [2.75, 3.05) is 19.8 Å². The van der Waals surface area contributed by atoms with Crippen LogP contribution in [0.15, 0.2) is 0 Å². The Kier molecular flexibility index (Phi) is 2.74. The molecule has 0 aromatic heterocycles. The Balaban J connectivity index is 1.94. The van der Waals surface area contributed by atoms with Crippen molar-refractivity contribution in [1.82, 2.24) is 4.90 Å². The van der Waals surface area contributed by atoms with Gasteiger partial charge < -0.3 is 10.5 Å². The summed E-state index contributed by atoms with van der Waals surface area (Å²) < 4.78 is 5.50. The van der Waals surface area contributed by atoms with E-state index >= 15 is 0 Å². The molecule has 2 aliphatic rings. The number of hydrogen-bond acceptors (Lipinski definition) is 3. The van der Waals surface area contributed by atoms with Crippen molar-refractivity contribution in [1.29, 1.82) is 5.41 Å². The Labute approximate surface area is 84.9 Å². The first-order valence-corrected chi connectivity index (χ1v) is 5.36. The Morgan fingerprint density at radius 3 is 2.57 bits per heavy atom. The lowest BCUT2D eigenvalue weighted by atomic mass is 10.1. The van der Waals surface area contributed by atoms with E-state index in [1.165, 1.54) is 12.8 Å². The van der Waals surface area contributed by atoms with Crippen LogP contribution in [0.3, 0.4) is 0 Å². The van der Waals surface area contributed by atoms with Crippen molar-refractivity contribution in [3.8, 4) is 0 Å². The fourth-order valence-electron chi connectivity index (χ4n) is 2.43. The quantitative estimate of drug-likeness (QED) is 0.509. The van der Waals surface area contributed by atoms with Crippen LogP contribution < -0.4 is 5.73 Å². The van der Waals surface area contributed by atoms with Crippen molar-refractivity contribution in [3.63, 3.8) is 0 Å². The molecule has 3 atom stereocenters. The molecule has 14 heavy (non-hydrogen) atoms. The summed E-state index contributed by atoms with van der Waals surface area (Å²) in [6, 6.07) is 1.16. The third-order valence-electron chi connectivity index (χ3n) is 3.41. The van der Waals surface area contributed by atoms with Crippen LogP contribution in [-0.4, -0.2) is 42.6 Å². The lowest BCUT2D eigenvalue weighted by molar-refractivity contribution is -0.0171. The lowest BCUT2D eigenvalue weighted by Crippen LogP contribution is -2.48. The van der Waals surface area contributed by atoms with Crippen molar-refractivity contribution >= 4 is 5.84 Å². The van der Waals surface area contributed by atoms with Gasteiger partial charge in [0.1, 0.15) is 0 Å². The average Bonchev–Trinajstić information content (AvgIpc) is 2.38. The van der Waals surface area contributed by atoms with Gasteiger partial charge in [-0.1, -0.05) is 6.92 Å². The molecule has 80 valence electrons. The van der Waals surface area contributed by atoms with Crippen LogP contribution in [0, 0.1) is 11.3 Å². The highest BCUT2D eigenvalue weighted by Gasteiger charge is 2.37. The molecule has 0 aromatic carbocycles. The van der Waals surface area contributed by atoms with Gasteiger partial charge in [-0.05, 0) is 12.8 Å². The van der Waals surface area contributed by atoms with Crippen LogP contribution in [0.1, 0.15) is 19.8 Å². The molecule has 2 aliphatic heterocycles. The molecule has 0 amide bonds. The van der Waals surface area contributed by atoms with Crippen LogP contribution in [0.2, 0.25) is 0 Å². The van der Waals surface area contributed by atoms with E-state index in [9.17, 15) is 0 Å². The highest BCUT2D eigenvalue weighted by Crippen LogP contribution is 2.29. The number of ether oxygens (including phenoxy) is 1. The number of hydrogen-bond donors (Lipinski definition) is 2. The zero-order chi connectivity index (χ0) is 10.1. The van der Waals surface area contributed by atoms with Gasteiger partial charge in [-0.25, -0.2) is 0 Å². The monoisotopic (exact) mass is 197 g/mol. The van der Waals surface area contributed by atoms with Crippen LogP contribution in [0.25, 0.3) is 0 Å². The van der Waals surface area contributed by atoms with Gasteiger partial charge in [-0.3, -0.25) is 10.3 Å². The van der Waals surface area contributed by atoms with E-state index in [1.54, 1.807) is 0 Å². The lowest BCUT2D eigenvalue weighted by Gasteiger charge is -2.36. The van der Waals surface area contributed by atoms with Crippen LogP contribution >= 0.6 is 0 Å². The van der Waals surface area contributed by atoms with E-state index in [2.05, 4.69) is 4.90 Å². The van der Waals surface area contributed by atoms with Gasteiger partial charge in [-0.2, -0.15) is 0 Å². The van der Waals surface area contributed by atoms with E-state index in [4.69, 9.17) is 15.9 Å². The summed E-state index contributed by atoms with van der Waals surface area (Å²) in [7, 11) is 0. The molecule has 3 N–H and O–H groups in total. The second-order valence-electron chi connectivity index (χ2n) is 4.48. The molecule has 0 aliphatic carbocycles. The number of morpholine rings is 1. The van der Waals surface area contributed by atoms with E-state index in [-0.39, 0.29) is 5.92 Å². The highest BCUT2D eigenvalue weighted by atomic mass is 16.5. The average molecular weight is 197 g/mol. The van der Waals surface area contributed by atoms with E-state index in [0.717, 1.165) is 19.8 Å². The minimum Gasteiger partial charge on any atom is -0.387 e. The van der Waals surface area contributed by atoms with Gasteiger partial charge in [0.15, 0.2) is 0 Å². The first-order chi connectivity index (χ1) is 6.68. The van der Waals surface area contributed by atoms with Crippen molar-refractivity contribution < 1.29 is 4.74 Å². The van der Waals surface area contributed by atoms with Crippen LogP contribution in [0.4, 0.5) is 0 Å². The van der Waals surface area contributed by atoms with E-state index in [0.29, 0.717) is 17.9 Å². The van der Waals surface area contributed by atoms with Crippen molar-refractivity contribution in [3.05, 3.63) is 0 Å². The molecule has 2 fully saturated rings. The molecule has 4 heteroatoms. The zero-order valence-corrected chi connectivity index (χ0v) is 8.70. The molecule has 3 unspecified atom stereocenters. The molecule has 2 bridgehead atoms. The zero-order valence-electron chi connectivity index (χ0n) is 8.70. The standard InChI is InChI=1S/C10H19N3O/c1-7(10(11)12)4-13-8-2-3-9(13)6-14-5-8/h7-9H,2-6H2,1H3,(H3,11,12). The maximum atomic E-state index is 7.39. The molecule has 0 saturated carbocycles. The Morgan fingerprint density at radius 1 is 1.50 bits per heavy atom. The molecule has 0 spiro atoms. The largest absolute Gasteiger partial charge is 0.387 e. The maximum absolute atomic E-state index is 7.39. The summed E-state index contributed by atoms with van der Waals surface area (Å²) in [6.07, 6.45) is 2.49. The van der Waals surface area contributed by atoms with Gasteiger partial charge in [0.05, 0.1) is 19.0 Å². The molecular weight excluding hydrogens is 178 g/mol. The second-order valence-corrected chi connectivity index (χ2v) is 4.48. The van der Waals surface area contributed by atoms with Crippen molar-refractivity contribution in [2.45, 2.75) is 31.8 Å². The summed E-state index contributed by atoms with van der Waals surface area (Å²) in [4.78, 5) is 2.48. The first-order valence-electron chi connectivity index (χ1n) is 5.36. The van der Waals surface area contributed by atoms with Gasteiger partial charge >= 0.3 is 0 Å². The van der Waals surface area contributed by atoms with Gasteiger partial charge in [0.2, 0.25) is 0 Å². The third kappa shape index (κ3) is 1.77. The molecule has 2 heterocycles. The number of amidine groups is 1. The Bertz CT molecular complexity index is 215. The summed E-state index contributed by atoms with van der Waals surface area (Å²) in [5.41, 5.74) is 5.49. The van der Waals surface area contributed by atoms with Crippen LogP contribution in [0.5, 0.6) is 0 Å². The fourth-order valence-corrected chi connectivity index (χ4v) is 2.43. The summed E-state index contributed by atoms with van der Waals surface area (Å²) in [5.74, 6) is 0.479. The Morgan fingerprint density at radius 2 is 2.07 bits per heavy atom. The molecule has 0 aromatic rings. The van der Waals surface area contributed by atoms with Gasteiger partial charge in [0.25, 0.3) is 0 Å². The number of nitrogens with one attached hydrogen (secondary N) is 1. The first kappa shape index (κ1) is 9.93. The van der Waals surface area contributed by atoms with Gasteiger partial charge in [0, 0.05) is 24.5 Å². The molecular formula is C10H19N3O. The number of nitrogens with zero attached hydrogens (tertiary/aromatic N) is 1. The predicted molar refractivity (Wildman–Crippen MR) is 55.4 cm³/mol. The third-order valence-corrected chi connectivity index (χ3v) is 3.41. The molecule has 2 saturated heterocycles. The predicted octanol–water partition coefficient (Wildman–Crippen LogP) is 0.422.